The fourth-order valence-corrected chi connectivity index (χ4v) is 1.39. The average molecular weight is 254 g/mol. The molecule has 0 unspecified atom stereocenters. The first-order valence-electron chi connectivity index (χ1n) is 5.88. The van der Waals surface area contributed by atoms with Crippen molar-refractivity contribution in [3.63, 3.8) is 0 Å². The van der Waals surface area contributed by atoms with Crippen molar-refractivity contribution in [1.82, 2.24) is 10.2 Å². The van der Waals surface area contributed by atoms with Gasteiger partial charge in [0.15, 0.2) is 0 Å². The third-order valence-electron chi connectivity index (χ3n) is 2.83. The molecule has 0 aliphatic rings. The third-order valence-corrected chi connectivity index (χ3v) is 2.83. The van der Waals surface area contributed by atoms with Crippen molar-refractivity contribution in [3.05, 3.63) is 29.6 Å². The van der Waals surface area contributed by atoms with Gasteiger partial charge in [-0.1, -0.05) is 0 Å². The number of rotatable bonds is 5. The number of aromatic hydroxyl groups is 1. The van der Waals surface area contributed by atoms with Crippen molar-refractivity contribution >= 4 is 5.91 Å². The van der Waals surface area contributed by atoms with E-state index in [1.807, 2.05) is 7.05 Å². The van der Waals surface area contributed by atoms with E-state index in [1.165, 1.54) is 12.1 Å². The van der Waals surface area contributed by atoms with E-state index in [9.17, 15) is 9.18 Å². The molecule has 0 aromatic heterocycles. The van der Waals surface area contributed by atoms with E-state index in [4.69, 9.17) is 5.11 Å². The molecule has 1 aromatic rings. The molecule has 0 atom stereocenters. The molecule has 5 heteroatoms. The lowest BCUT2D eigenvalue weighted by Gasteiger charge is -2.20. The van der Waals surface area contributed by atoms with E-state index < -0.39 is 11.7 Å². The number of halogens is 1. The maximum Gasteiger partial charge on any atom is 0.254 e. The Morgan fingerprint density at radius 2 is 2.17 bits per heavy atom. The Balaban J connectivity index is 2.51. The van der Waals surface area contributed by atoms with Gasteiger partial charge >= 0.3 is 0 Å². The van der Waals surface area contributed by atoms with Crippen LogP contribution in [-0.4, -0.2) is 42.1 Å². The fourth-order valence-electron chi connectivity index (χ4n) is 1.39. The number of phenolic OH excluding ortho intramolecular Hbond substituents is 1. The van der Waals surface area contributed by atoms with E-state index in [1.54, 1.807) is 0 Å². The van der Waals surface area contributed by atoms with Crippen LogP contribution in [0.4, 0.5) is 4.39 Å². The number of likely N-dealkylation sites (N-methyl/N-ethyl adjacent to an activating group) is 1. The monoisotopic (exact) mass is 254 g/mol. The van der Waals surface area contributed by atoms with E-state index in [2.05, 4.69) is 24.1 Å². The van der Waals surface area contributed by atoms with Gasteiger partial charge in [-0.2, -0.15) is 0 Å². The van der Waals surface area contributed by atoms with Crippen LogP contribution < -0.4 is 5.32 Å². The first-order chi connectivity index (χ1) is 8.41. The van der Waals surface area contributed by atoms with Gasteiger partial charge in [0.05, 0.1) is 5.56 Å². The highest BCUT2D eigenvalue weighted by Gasteiger charge is 2.12. The molecule has 0 radical (unpaired) electrons. The van der Waals surface area contributed by atoms with Crippen LogP contribution in [0.3, 0.4) is 0 Å². The molecule has 0 aliphatic carbocycles. The Morgan fingerprint density at radius 3 is 2.72 bits per heavy atom. The van der Waals surface area contributed by atoms with E-state index in [0.29, 0.717) is 19.1 Å². The second-order valence-corrected chi connectivity index (χ2v) is 4.49. The van der Waals surface area contributed by atoms with Gasteiger partial charge in [0.1, 0.15) is 11.6 Å². The van der Waals surface area contributed by atoms with Gasteiger partial charge in [-0.25, -0.2) is 4.39 Å². The van der Waals surface area contributed by atoms with E-state index >= 15 is 0 Å². The molecule has 1 rings (SSSR count). The summed E-state index contributed by atoms with van der Waals surface area (Å²) < 4.78 is 13.4. The zero-order chi connectivity index (χ0) is 13.7. The molecule has 1 aromatic carbocycles. The van der Waals surface area contributed by atoms with Crippen LogP contribution in [-0.2, 0) is 0 Å². The Labute approximate surface area is 106 Å². The van der Waals surface area contributed by atoms with Crippen LogP contribution in [0.2, 0.25) is 0 Å². The van der Waals surface area contributed by atoms with Crippen molar-refractivity contribution in [2.45, 2.75) is 19.9 Å². The maximum absolute atomic E-state index is 13.4. The number of carbonyl (C=O) groups excluding carboxylic acids is 1. The number of amides is 1. The molecular weight excluding hydrogens is 235 g/mol. The van der Waals surface area contributed by atoms with Gasteiger partial charge < -0.3 is 15.3 Å². The van der Waals surface area contributed by atoms with E-state index in [0.717, 1.165) is 6.07 Å². The topological polar surface area (TPSA) is 52.6 Å². The van der Waals surface area contributed by atoms with Crippen molar-refractivity contribution in [1.29, 1.82) is 0 Å². The van der Waals surface area contributed by atoms with Gasteiger partial charge in [-0.15, -0.1) is 0 Å². The first-order valence-corrected chi connectivity index (χ1v) is 5.88. The molecule has 0 saturated carbocycles. The summed E-state index contributed by atoms with van der Waals surface area (Å²) in [6.07, 6.45) is 0. The summed E-state index contributed by atoms with van der Waals surface area (Å²) in [5, 5.41) is 11.7. The van der Waals surface area contributed by atoms with Gasteiger partial charge in [0.25, 0.3) is 5.91 Å². The third kappa shape index (κ3) is 4.00. The minimum absolute atomic E-state index is 0.0556. The molecule has 18 heavy (non-hydrogen) atoms. The van der Waals surface area contributed by atoms with E-state index in [-0.39, 0.29) is 11.3 Å². The van der Waals surface area contributed by atoms with Crippen LogP contribution in [0.15, 0.2) is 18.2 Å². The van der Waals surface area contributed by atoms with Crippen molar-refractivity contribution in [3.8, 4) is 5.75 Å². The van der Waals surface area contributed by atoms with Crippen molar-refractivity contribution in [2.75, 3.05) is 20.1 Å². The Morgan fingerprint density at radius 1 is 1.50 bits per heavy atom. The number of nitrogens with zero attached hydrogens (tertiary/aromatic N) is 1. The van der Waals surface area contributed by atoms with Crippen LogP contribution in [0.25, 0.3) is 0 Å². The number of hydrogen-bond acceptors (Lipinski definition) is 3. The molecule has 2 N–H and O–H groups in total. The molecule has 0 heterocycles. The van der Waals surface area contributed by atoms with Gasteiger partial charge in [-0.3, -0.25) is 4.79 Å². The number of nitrogens with one attached hydrogen (secondary N) is 1. The summed E-state index contributed by atoms with van der Waals surface area (Å²) >= 11 is 0. The molecule has 0 bridgehead atoms. The number of carbonyl (C=O) groups is 1. The molecule has 0 aliphatic heterocycles. The molecule has 100 valence electrons. The molecular formula is C13H19FN2O2. The first kappa shape index (κ1) is 14.4. The summed E-state index contributed by atoms with van der Waals surface area (Å²) in [5.41, 5.74) is -0.0556. The van der Waals surface area contributed by atoms with Gasteiger partial charge in [0, 0.05) is 25.2 Å². The highest BCUT2D eigenvalue weighted by Crippen LogP contribution is 2.14. The van der Waals surface area contributed by atoms with Crippen LogP contribution in [0.1, 0.15) is 24.2 Å². The summed E-state index contributed by atoms with van der Waals surface area (Å²) in [7, 11) is 1.96. The van der Waals surface area contributed by atoms with Gasteiger partial charge in [-0.05, 0) is 33.0 Å². The average Bonchev–Trinajstić information content (AvgIpc) is 2.28. The van der Waals surface area contributed by atoms with Gasteiger partial charge in [0.2, 0.25) is 0 Å². The summed E-state index contributed by atoms with van der Waals surface area (Å²) in [6, 6.07) is 3.88. The van der Waals surface area contributed by atoms with Crippen molar-refractivity contribution < 1.29 is 14.3 Å². The summed E-state index contributed by atoms with van der Waals surface area (Å²) in [6.45, 7) is 5.26. The Bertz CT molecular complexity index is 421. The van der Waals surface area contributed by atoms with Crippen LogP contribution in [0, 0.1) is 5.82 Å². The molecule has 0 saturated heterocycles. The maximum atomic E-state index is 13.4. The van der Waals surface area contributed by atoms with Crippen molar-refractivity contribution in [2.24, 2.45) is 0 Å². The highest BCUT2D eigenvalue weighted by atomic mass is 19.1. The quantitative estimate of drug-likeness (QED) is 0.839. The molecule has 0 fully saturated rings. The molecule has 0 spiro atoms. The second kappa shape index (κ2) is 6.35. The lowest BCUT2D eigenvalue weighted by molar-refractivity contribution is 0.0944. The molecule has 4 nitrogen and oxygen atoms in total. The normalized spacial score (nSPS) is 11.0. The van der Waals surface area contributed by atoms with Crippen LogP contribution >= 0.6 is 0 Å². The number of hydrogen-bond donors (Lipinski definition) is 2. The fraction of sp³-hybridized carbons (Fsp3) is 0.462. The predicted octanol–water partition coefficient (Wildman–Crippen LogP) is 1.60. The Hall–Kier alpha value is -1.62. The highest BCUT2D eigenvalue weighted by molar-refractivity contribution is 5.94. The minimum Gasteiger partial charge on any atom is -0.508 e. The SMILES string of the molecule is CC(C)N(C)CCNC(=O)c1ccc(O)cc1F. The zero-order valence-electron chi connectivity index (χ0n) is 10.9. The largest absolute Gasteiger partial charge is 0.508 e. The minimum atomic E-state index is -0.718. The lowest BCUT2D eigenvalue weighted by atomic mass is 10.2. The molecule has 1 amide bonds. The zero-order valence-corrected chi connectivity index (χ0v) is 10.9. The Kier molecular flexibility index (Phi) is 5.09. The predicted molar refractivity (Wildman–Crippen MR) is 68.2 cm³/mol. The summed E-state index contributed by atoms with van der Waals surface area (Å²) in [4.78, 5) is 13.8. The number of phenols is 1. The standard InChI is InChI=1S/C13H19FN2O2/c1-9(2)16(3)7-6-15-13(18)11-5-4-10(17)8-12(11)14/h4-5,8-9,17H,6-7H2,1-3H3,(H,15,18). The second-order valence-electron chi connectivity index (χ2n) is 4.49. The number of benzene rings is 1. The lowest BCUT2D eigenvalue weighted by Crippen LogP contribution is -2.36. The smallest absolute Gasteiger partial charge is 0.254 e. The summed E-state index contributed by atoms with van der Waals surface area (Å²) in [5.74, 6) is -1.38. The van der Waals surface area contributed by atoms with Crippen LogP contribution in [0.5, 0.6) is 5.75 Å².